The van der Waals surface area contributed by atoms with E-state index < -0.39 is 7.60 Å². The maximum Gasteiger partial charge on any atom is 0.385 e. The van der Waals surface area contributed by atoms with Crippen molar-refractivity contribution in [1.29, 1.82) is 0 Å². The molecule has 0 saturated carbocycles. The molecule has 32 heavy (non-hydrogen) atoms. The van der Waals surface area contributed by atoms with Crippen molar-refractivity contribution in [2.24, 2.45) is 0 Å². The van der Waals surface area contributed by atoms with Gasteiger partial charge in [-0.05, 0) is 48.6 Å². The SMILES string of the molecule is CCOP(=O)(OCC)c1nc(-c2ccc(C(C)(C)C)cc2)oc1NCc1ccccc1Cl. The molecule has 0 amide bonds. The van der Waals surface area contributed by atoms with Crippen LogP contribution in [0.15, 0.2) is 52.9 Å². The molecule has 0 fully saturated rings. The van der Waals surface area contributed by atoms with Crippen molar-refractivity contribution in [1.82, 2.24) is 4.98 Å². The van der Waals surface area contributed by atoms with E-state index >= 15 is 0 Å². The minimum Gasteiger partial charge on any atom is -0.420 e. The van der Waals surface area contributed by atoms with Gasteiger partial charge in [0.05, 0.1) is 13.2 Å². The summed E-state index contributed by atoms with van der Waals surface area (Å²) < 4.78 is 30.6. The fourth-order valence-corrected chi connectivity index (χ4v) is 4.95. The predicted molar refractivity (Wildman–Crippen MR) is 130 cm³/mol. The van der Waals surface area contributed by atoms with Crippen molar-refractivity contribution in [3.8, 4) is 11.5 Å². The highest BCUT2D eigenvalue weighted by Crippen LogP contribution is 2.49. The van der Waals surface area contributed by atoms with Crippen molar-refractivity contribution in [2.75, 3.05) is 18.5 Å². The van der Waals surface area contributed by atoms with Crippen LogP contribution in [0.25, 0.3) is 11.5 Å². The third-order valence-corrected chi connectivity index (χ3v) is 7.25. The fraction of sp³-hybridized carbons (Fsp3) is 0.375. The first-order valence-corrected chi connectivity index (χ1v) is 12.6. The number of nitrogens with zero attached hydrogens (tertiary/aromatic N) is 1. The highest BCUT2D eigenvalue weighted by atomic mass is 35.5. The van der Waals surface area contributed by atoms with Gasteiger partial charge in [0.15, 0.2) is 0 Å². The van der Waals surface area contributed by atoms with Crippen LogP contribution in [0.1, 0.15) is 45.7 Å². The molecular formula is C24H30ClN2O4P. The number of rotatable bonds is 9. The molecule has 2 aromatic carbocycles. The van der Waals surface area contributed by atoms with Gasteiger partial charge in [0, 0.05) is 17.1 Å². The highest BCUT2D eigenvalue weighted by Gasteiger charge is 2.36. The number of hydrogen-bond acceptors (Lipinski definition) is 6. The second-order valence-corrected chi connectivity index (χ2v) is 10.6. The number of benzene rings is 2. The predicted octanol–water partition coefficient (Wildman–Crippen LogP) is 6.80. The first kappa shape index (κ1) is 24.5. The van der Waals surface area contributed by atoms with Gasteiger partial charge in [-0.15, -0.1) is 0 Å². The molecule has 0 aliphatic carbocycles. The normalized spacial score (nSPS) is 12.2. The zero-order chi connectivity index (χ0) is 23.4. The van der Waals surface area contributed by atoms with Crippen LogP contribution in [-0.4, -0.2) is 18.2 Å². The van der Waals surface area contributed by atoms with Crippen LogP contribution in [0.3, 0.4) is 0 Å². The van der Waals surface area contributed by atoms with Crippen molar-refractivity contribution in [2.45, 2.75) is 46.6 Å². The summed E-state index contributed by atoms with van der Waals surface area (Å²) in [6, 6.07) is 15.5. The van der Waals surface area contributed by atoms with E-state index in [1.807, 2.05) is 48.5 Å². The first-order valence-electron chi connectivity index (χ1n) is 10.7. The summed E-state index contributed by atoms with van der Waals surface area (Å²) in [4.78, 5) is 4.54. The minimum absolute atomic E-state index is 0.0294. The Hall–Kier alpha value is -2.11. The zero-order valence-corrected chi connectivity index (χ0v) is 20.8. The summed E-state index contributed by atoms with van der Waals surface area (Å²) in [5.74, 6) is 0.576. The van der Waals surface area contributed by atoms with Crippen LogP contribution in [0, 0.1) is 0 Å². The zero-order valence-electron chi connectivity index (χ0n) is 19.1. The van der Waals surface area contributed by atoms with Gasteiger partial charge in [0.1, 0.15) is 0 Å². The summed E-state index contributed by atoms with van der Waals surface area (Å²) in [5, 5.41) is 3.79. The van der Waals surface area contributed by atoms with Gasteiger partial charge in [-0.3, -0.25) is 4.57 Å². The quantitative estimate of drug-likeness (QED) is 0.342. The molecule has 172 valence electrons. The van der Waals surface area contributed by atoms with Gasteiger partial charge >= 0.3 is 7.60 Å². The highest BCUT2D eigenvalue weighted by molar-refractivity contribution is 7.62. The van der Waals surface area contributed by atoms with Crippen molar-refractivity contribution in [3.63, 3.8) is 0 Å². The minimum atomic E-state index is -3.68. The molecule has 0 radical (unpaired) electrons. The van der Waals surface area contributed by atoms with Gasteiger partial charge in [-0.2, -0.15) is 4.98 Å². The van der Waals surface area contributed by atoms with Gasteiger partial charge in [-0.25, -0.2) is 0 Å². The van der Waals surface area contributed by atoms with Crippen LogP contribution in [0.2, 0.25) is 5.02 Å². The number of nitrogens with one attached hydrogen (secondary N) is 1. The van der Waals surface area contributed by atoms with E-state index in [0.717, 1.165) is 11.1 Å². The monoisotopic (exact) mass is 476 g/mol. The molecule has 1 heterocycles. The second kappa shape index (κ2) is 10.2. The first-order chi connectivity index (χ1) is 15.2. The van der Waals surface area contributed by atoms with Gasteiger partial charge in [0.25, 0.3) is 0 Å². The molecule has 0 aliphatic heterocycles. The Morgan fingerprint density at radius 2 is 1.66 bits per heavy atom. The molecule has 3 rings (SSSR count). The lowest BCUT2D eigenvalue weighted by molar-refractivity contribution is 0.229. The average molecular weight is 477 g/mol. The molecule has 0 aliphatic rings. The van der Waals surface area contributed by atoms with Crippen molar-refractivity contribution >= 4 is 30.5 Å². The Bertz CT molecular complexity index is 1080. The smallest absolute Gasteiger partial charge is 0.385 e. The Balaban J connectivity index is 2.01. The van der Waals surface area contributed by atoms with Crippen LogP contribution in [-0.2, 0) is 25.6 Å². The van der Waals surface area contributed by atoms with E-state index in [9.17, 15) is 4.57 Å². The summed E-state index contributed by atoms with van der Waals surface area (Å²) in [5.41, 5.74) is 2.99. The number of halogens is 1. The third kappa shape index (κ3) is 5.62. The molecule has 1 N–H and O–H groups in total. The van der Waals surface area contributed by atoms with Crippen LogP contribution >= 0.6 is 19.2 Å². The summed E-state index contributed by atoms with van der Waals surface area (Å²) in [7, 11) is -3.68. The molecule has 3 aromatic rings. The van der Waals surface area contributed by atoms with Gasteiger partial charge in [-0.1, -0.05) is 62.7 Å². The Morgan fingerprint density at radius 3 is 2.22 bits per heavy atom. The van der Waals surface area contributed by atoms with Crippen molar-refractivity contribution in [3.05, 3.63) is 64.7 Å². The van der Waals surface area contributed by atoms with Crippen molar-refractivity contribution < 1.29 is 18.0 Å². The van der Waals surface area contributed by atoms with Gasteiger partial charge < -0.3 is 18.8 Å². The van der Waals surface area contributed by atoms with E-state index in [1.54, 1.807) is 13.8 Å². The molecule has 8 heteroatoms. The second-order valence-electron chi connectivity index (χ2n) is 8.28. The van der Waals surface area contributed by atoms with Gasteiger partial charge in [0.2, 0.25) is 17.2 Å². The Labute approximate surface area is 194 Å². The summed E-state index contributed by atoms with van der Waals surface area (Å²) in [6.07, 6.45) is 0. The van der Waals surface area contributed by atoms with E-state index in [4.69, 9.17) is 25.1 Å². The van der Waals surface area contributed by atoms with Crippen LogP contribution in [0.4, 0.5) is 5.88 Å². The fourth-order valence-electron chi connectivity index (χ4n) is 3.17. The molecule has 0 saturated heterocycles. The molecule has 6 nitrogen and oxygen atoms in total. The van der Waals surface area contributed by atoms with E-state index in [0.29, 0.717) is 17.5 Å². The summed E-state index contributed by atoms with van der Waals surface area (Å²) >= 11 is 6.28. The van der Waals surface area contributed by atoms with Crippen LogP contribution < -0.4 is 10.8 Å². The average Bonchev–Trinajstić information content (AvgIpc) is 3.18. The lowest BCUT2D eigenvalue weighted by atomic mass is 9.87. The summed E-state index contributed by atoms with van der Waals surface area (Å²) in [6.45, 7) is 10.8. The molecule has 0 bridgehead atoms. The number of anilines is 1. The molecule has 0 spiro atoms. The van der Waals surface area contributed by atoms with E-state index in [1.165, 1.54) is 5.56 Å². The Kier molecular flexibility index (Phi) is 7.84. The van der Waals surface area contributed by atoms with Crippen LogP contribution in [0.5, 0.6) is 0 Å². The third-order valence-electron chi connectivity index (χ3n) is 4.86. The maximum absolute atomic E-state index is 13.5. The Morgan fingerprint density at radius 1 is 1.03 bits per heavy atom. The number of oxazole rings is 1. The molecule has 0 atom stereocenters. The lowest BCUT2D eigenvalue weighted by Gasteiger charge is -2.18. The number of aromatic nitrogens is 1. The standard InChI is InChI=1S/C24H30ClN2O4P/c1-6-29-32(28,30-7-2)23-22(26-16-18-10-8-9-11-20(18)25)31-21(27-23)17-12-14-19(15-13-17)24(3,4)5/h8-15,26H,6-7,16H2,1-5H3. The molecular weight excluding hydrogens is 447 g/mol. The largest absolute Gasteiger partial charge is 0.420 e. The maximum atomic E-state index is 13.5. The lowest BCUT2D eigenvalue weighted by Crippen LogP contribution is -2.16. The van der Waals surface area contributed by atoms with E-state index in [-0.39, 0.29) is 29.9 Å². The molecule has 1 aromatic heterocycles. The molecule has 0 unspecified atom stereocenters. The van der Waals surface area contributed by atoms with E-state index in [2.05, 4.69) is 31.1 Å². The topological polar surface area (TPSA) is 73.6 Å². The number of hydrogen-bond donors (Lipinski definition) is 1.